The Labute approximate surface area is 115 Å². The number of likely N-dealkylation sites (tertiary alicyclic amines) is 1. The molecule has 6 heteroatoms. The minimum absolute atomic E-state index is 0.151. The van der Waals surface area contributed by atoms with Crippen molar-refractivity contribution in [3.8, 4) is 5.75 Å². The fourth-order valence-electron chi connectivity index (χ4n) is 2.24. The van der Waals surface area contributed by atoms with Crippen LogP contribution in [-0.4, -0.2) is 35.0 Å². The van der Waals surface area contributed by atoms with Crippen molar-refractivity contribution in [3.05, 3.63) is 28.8 Å². The zero-order valence-electron chi connectivity index (χ0n) is 10.4. The molecule has 1 aliphatic heterocycles. The molecule has 1 aromatic carbocycles. The smallest absolute Gasteiger partial charge is 0.326 e. The highest BCUT2D eigenvalue weighted by Crippen LogP contribution is 2.30. The Bertz CT molecular complexity index is 517. The van der Waals surface area contributed by atoms with Crippen LogP contribution in [0.3, 0.4) is 0 Å². The number of halogens is 1. The van der Waals surface area contributed by atoms with E-state index in [2.05, 4.69) is 0 Å². The summed E-state index contributed by atoms with van der Waals surface area (Å²) in [4.78, 5) is 24.3. The molecule has 1 aromatic rings. The maximum absolute atomic E-state index is 11.8. The highest BCUT2D eigenvalue weighted by Gasteiger charge is 2.36. The summed E-state index contributed by atoms with van der Waals surface area (Å²) in [6.45, 7) is 0.151. The molecule has 1 fully saturated rings. The molecule has 0 bridgehead atoms. The molecule has 1 unspecified atom stereocenters. The predicted octanol–water partition coefficient (Wildman–Crippen LogP) is 1.92. The van der Waals surface area contributed by atoms with Gasteiger partial charge in [-0.25, -0.2) is 4.79 Å². The zero-order chi connectivity index (χ0) is 14.0. The standard InChI is InChI=1S/C13H14ClNO4/c1-19-11-4-2-3-9(14)8(11)7-15-10(13(17)18)5-6-12(15)16/h2-4,10H,5-7H2,1H3,(H,17,18). The van der Waals surface area contributed by atoms with Crippen molar-refractivity contribution in [1.29, 1.82) is 0 Å². The van der Waals surface area contributed by atoms with E-state index in [-0.39, 0.29) is 18.9 Å². The number of methoxy groups -OCH3 is 1. The summed E-state index contributed by atoms with van der Waals surface area (Å²) in [6, 6.07) is 4.38. The van der Waals surface area contributed by atoms with Gasteiger partial charge in [-0.2, -0.15) is 0 Å². The van der Waals surface area contributed by atoms with E-state index >= 15 is 0 Å². The maximum Gasteiger partial charge on any atom is 0.326 e. The number of carboxylic acid groups (broad SMARTS) is 1. The van der Waals surface area contributed by atoms with Crippen molar-refractivity contribution in [2.75, 3.05) is 7.11 Å². The van der Waals surface area contributed by atoms with E-state index in [1.165, 1.54) is 12.0 Å². The molecule has 1 N–H and O–H groups in total. The Morgan fingerprint density at radius 2 is 2.32 bits per heavy atom. The van der Waals surface area contributed by atoms with Crippen LogP contribution in [0.5, 0.6) is 5.75 Å². The topological polar surface area (TPSA) is 66.8 Å². The summed E-state index contributed by atoms with van der Waals surface area (Å²) in [5.74, 6) is -0.609. The Morgan fingerprint density at radius 3 is 2.95 bits per heavy atom. The van der Waals surface area contributed by atoms with Gasteiger partial charge in [0.1, 0.15) is 11.8 Å². The normalized spacial score (nSPS) is 18.7. The molecule has 0 spiro atoms. The molecule has 2 rings (SSSR count). The van der Waals surface area contributed by atoms with Crippen molar-refractivity contribution in [2.24, 2.45) is 0 Å². The van der Waals surface area contributed by atoms with Gasteiger partial charge in [0.2, 0.25) is 5.91 Å². The number of carbonyl (C=O) groups excluding carboxylic acids is 1. The first-order chi connectivity index (χ1) is 9.04. The van der Waals surface area contributed by atoms with E-state index in [1.807, 2.05) is 0 Å². The summed E-state index contributed by atoms with van der Waals surface area (Å²) in [6.07, 6.45) is 0.588. The number of rotatable bonds is 4. The minimum Gasteiger partial charge on any atom is -0.496 e. The van der Waals surface area contributed by atoms with Gasteiger partial charge in [0.05, 0.1) is 13.7 Å². The molecule has 1 amide bonds. The van der Waals surface area contributed by atoms with Gasteiger partial charge in [-0.3, -0.25) is 4.79 Å². The lowest BCUT2D eigenvalue weighted by Gasteiger charge is -2.23. The van der Waals surface area contributed by atoms with Crippen LogP contribution in [0.25, 0.3) is 0 Å². The second-order valence-electron chi connectivity index (χ2n) is 4.33. The van der Waals surface area contributed by atoms with Crippen LogP contribution >= 0.6 is 11.6 Å². The van der Waals surface area contributed by atoms with E-state index in [0.29, 0.717) is 22.8 Å². The van der Waals surface area contributed by atoms with Crippen molar-refractivity contribution in [2.45, 2.75) is 25.4 Å². The van der Waals surface area contributed by atoms with Crippen LogP contribution in [0, 0.1) is 0 Å². The van der Waals surface area contributed by atoms with Crippen LogP contribution in [0.2, 0.25) is 5.02 Å². The number of aliphatic carboxylic acids is 1. The number of hydrogen-bond acceptors (Lipinski definition) is 3. The van der Waals surface area contributed by atoms with Crippen molar-refractivity contribution in [1.82, 2.24) is 4.90 Å². The molecule has 1 atom stereocenters. The third kappa shape index (κ3) is 2.66. The third-order valence-corrected chi connectivity index (χ3v) is 3.59. The van der Waals surface area contributed by atoms with Crippen LogP contribution in [0.1, 0.15) is 18.4 Å². The lowest BCUT2D eigenvalue weighted by Crippen LogP contribution is -2.38. The Hall–Kier alpha value is -1.75. The Morgan fingerprint density at radius 1 is 1.58 bits per heavy atom. The summed E-state index contributed by atoms with van der Waals surface area (Å²) in [5, 5.41) is 9.58. The van der Waals surface area contributed by atoms with Gasteiger partial charge in [0.25, 0.3) is 0 Å². The summed E-state index contributed by atoms with van der Waals surface area (Å²) in [7, 11) is 1.51. The maximum atomic E-state index is 11.8. The molecule has 1 heterocycles. The Kier molecular flexibility index (Phi) is 3.95. The number of carboxylic acids is 1. The van der Waals surface area contributed by atoms with E-state index in [4.69, 9.17) is 21.4 Å². The number of carbonyl (C=O) groups is 2. The first-order valence-electron chi connectivity index (χ1n) is 5.88. The van der Waals surface area contributed by atoms with Gasteiger partial charge in [-0.05, 0) is 18.6 Å². The molecule has 0 aliphatic carbocycles. The molecular weight excluding hydrogens is 270 g/mol. The van der Waals surface area contributed by atoms with Crippen LogP contribution in [0.4, 0.5) is 0 Å². The fraction of sp³-hybridized carbons (Fsp3) is 0.385. The molecule has 5 nitrogen and oxygen atoms in total. The second kappa shape index (κ2) is 5.48. The van der Waals surface area contributed by atoms with E-state index in [0.717, 1.165) is 0 Å². The number of ether oxygens (including phenoxy) is 1. The molecular formula is C13H14ClNO4. The molecule has 19 heavy (non-hydrogen) atoms. The molecule has 102 valence electrons. The van der Waals surface area contributed by atoms with Crippen LogP contribution in [-0.2, 0) is 16.1 Å². The van der Waals surface area contributed by atoms with E-state index in [9.17, 15) is 9.59 Å². The highest BCUT2D eigenvalue weighted by atomic mass is 35.5. The quantitative estimate of drug-likeness (QED) is 0.917. The molecule has 0 aromatic heterocycles. The van der Waals surface area contributed by atoms with Gasteiger partial charge < -0.3 is 14.7 Å². The zero-order valence-corrected chi connectivity index (χ0v) is 11.2. The van der Waals surface area contributed by atoms with Crippen molar-refractivity contribution < 1.29 is 19.4 Å². The minimum atomic E-state index is -0.989. The van der Waals surface area contributed by atoms with Crippen LogP contribution in [0.15, 0.2) is 18.2 Å². The summed E-state index contributed by atoms with van der Waals surface area (Å²) < 4.78 is 5.20. The first-order valence-corrected chi connectivity index (χ1v) is 6.26. The second-order valence-corrected chi connectivity index (χ2v) is 4.74. The van der Waals surface area contributed by atoms with E-state index in [1.54, 1.807) is 18.2 Å². The molecule has 0 saturated carbocycles. The van der Waals surface area contributed by atoms with E-state index < -0.39 is 12.0 Å². The molecule has 1 aliphatic rings. The average molecular weight is 284 g/mol. The van der Waals surface area contributed by atoms with Gasteiger partial charge in [0, 0.05) is 17.0 Å². The SMILES string of the molecule is COc1cccc(Cl)c1CN1C(=O)CCC1C(=O)O. The van der Waals surface area contributed by atoms with Gasteiger partial charge in [0.15, 0.2) is 0 Å². The number of amides is 1. The number of hydrogen-bond donors (Lipinski definition) is 1. The fourth-order valence-corrected chi connectivity index (χ4v) is 2.47. The molecule has 1 saturated heterocycles. The predicted molar refractivity (Wildman–Crippen MR) is 69.2 cm³/mol. The highest BCUT2D eigenvalue weighted by molar-refractivity contribution is 6.31. The van der Waals surface area contributed by atoms with Gasteiger partial charge >= 0.3 is 5.97 Å². The first kappa shape index (κ1) is 13.7. The average Bonchev–Trinajstić information content (AvgIpc) is 2.73. The van der Waals surface area contributed by atoms with Gasteiger partial charge in [-0.15, -0.1) is 0 Å². The van der Waals surface area contributed by atoms with Crippen LogP contribution < -0.4 is 4.74 Å². The summed E-state index contributed by atoms with van der Waals surface area (Å²) >= 11 is 6.10. The summed E-state index contributed by atoms with van der Waals surface area (Å²) in [5.41, 5.74) is 0.633. The largest absolute Gasteiger partial charge is 0.496 e. The Balaban J connectivity index is 2.29. The lowest BCUT2D eigenvalue weighted by molar-refractivity contribution is -0.146. The molecule has 0 radical (unpaired) electrons. The van der Waals surface area contributed by atoms with Gasteiger partial charge in [-0.1, -0.05) is 17.7 Å². The lowest BCUT2D eigenvalue weighted by atomic mass is 10.1. The van der Waals surface area contributed by atoms with Crippen molar-refractivity contribution in [3.63, 3.8) is 0 Å². The number of benzene rings is 1. The monoisotopic (exact) mass is 283 g/mol. The van der Waals surface area contributed by atoms with Crippen molar-refractivity contribution >= 4 is 23.5 Å². The number of nitrogens with zero attached hydrogens (tertiary/aromatic N) is 1. The third-order valence-electron chi connectivity index (χ3n) is 3.24.